The summed E-state index contributed by atoms with van der Waals surface area (Å²) in [6.45, 7) is 9.83. The molecule has 0 aliphatic heterocycles. The fraction of sp³-hybridized carbons (Fsp3) is 0.769. The molecular formula is C13H24N6. The molecule has 6 nitrogen and oxygen atoms in total. The molecule has 1 aliphatic carbocycles. The highest BCUT2D eigenvalue weighted by atomic mass is 15.3. The average Bonchev–Trinajstić information content (AvgIpc) is 3.22. The van der Waals surface area contributed by atoms with Gasteiger partial charge in [-0.05, 0) is 39.5 Å². The number of hydrogen-bond donors (Lipinski definition) is 2. The summed E-state index contributed by atoms with van der Waals surface area (Å²) in [7, 11) is 0. The van der Waals surface area contributed by atoms with Gasteiger partial charge in [-0.25, -0.2) is 0 Å². The Morgan fingerprint density at radius 2 is 1.63 bits per heavy atom. The fourth-order valence-corrected chi connectivity index (χ4v) is 1.89. The van der Waals surface area contributed by atoms with Crippen LogP contribution in [0, 0.1) is 5.92 Å². The van der Waals surface area contributed by atoms with E-state index in [0.717, 1.165) is 38.0 Å². The lowest BCUT2D eigenvalue weighted by Gasteiger charge is -2.19. The molecule has 19 heavy (non-hydrogen) atoms. The third kappa shape index (κ3) is 3.94. The Morgan fingerprint density at radius 1 is 1.00 bits per heavy atom. The zero-order valence-corrected chi connectivity index (χ0v) is 12.1. The van der Waals surface area contributed by atoms with Crippen LogP contribution in [-0.4, -0.2) is 41.1 Å². The van der Waals surface area contributed by atoms with E-state index in [0.29, 0.717) is 11.9 Å². The molecule has 1 saturated carbocycles. The van der Waals surface area contributed by atoms with Crippen molar-refractivity contribution in [2.24, 2.45) is 5.92 Å². The predicted octanol–water partition coefficient (Wildman–Crippen LogP) is 1.97. The van der Waals surface area contributed by atoms with Gasteiger partial charge in [-0.1, -0.05) is 0 Å². The number of hydrogen-bond acceptors (Lipinski definition) is 6. The van der Waals surface area contributed by atoms with Crippen molar-refractivity contribution in [2.45, 2.75) is 33.6 Å². The van der Waals surface area contributed by atoms with Crippen LogP contribution in [0.4, 0.5) is 17.8 Å². The van der Waals surface area contributed by atoms with E-state index in [1.807, 2.05) is 6.92 Å². The summed E-state index contributed by atoms with van der Waals surface area (Å²) >= 11 is 0. The normalized spacial score (nSPS) is 14.3. The SMILES string of the molecule is CCNc1nc(NCC2CC2)nc(N(CC)CC)n1. The third-order valence-electron chi connectivity index (χ3n) is 3.25. The maximum absolute atomic E-state index is 4.51. The van der Waals surface area contributed by atoms with Crippen LogP contribution >= 0.6 is 0 Å². The molecule has 1 aromatic rings. The van der Waals surface area contributed by atoms with Crippen LogP contribution in [0.5, 0.6) is 0 Å². The molecule has 1 aromatic heterocycles. The van der Waals surface area contributed by atoms with Crippen LogP contribution in [0.25, 0.3) is 0 Å². The number of rotatable bonds is 8. The van der Waals surface area contributed by atoms with Crippen LogP contribution < -0.4 is 15.5 Å². The lowest BCUT2D eigenvalue weighted by Crippen LogP contribution is -2.25. The largest absolute Gasteiger partial charge is 0.354 e. The number of aromatic nitrogens is 3. The van der Waals surface area contributed by atoms with Crippen molar-refractivity contribution in [3.8, 4) is 0 Å². The lowest BCUT2D eigenvalue weighted by molar-refractivity contribution is 0.805. The van der Waals surface area contributed by atoms with Gasteiger partial charge in [0.1, 0.15) is 0 Å². The second-order valence-corrected chi connectivity index (χ2v) is 4.81. The lowest BCUT2D eigenvalue weighted by atomic mass is 10.4. The van der Waals surface area contributed by atoms with Crippen LogP contribution in [0.15, 0.2) is 0 Å². The molecule has 0 radical (unpaired) electrons. The van der Waals surface area contributed by atoms with Crippen molar-refractivity contribution in [3.63, 3.8) is 0 Å². The van der Waals surface area contributed by atoms with E-state index < -0.39 is 0 Å². The minimum Gasteiger partial charge on any atom is -0.354 e. The van der Waals surface area contributed by atoms with Crippen LogP contribution in [0.2, 0.25) is 0 Å². The summed E-state index contributed by atoms with van der Waals surface area (Å²) in [6.07, 6.45) is 2.64. The Bertz CT molecular complexity index is 400. The molecule has 106 valence electrons. The van der Waals surface area contributed by atoms with Gasteiger partial charge in [0, 0.05) is 26.2 Å². The van der Waals surface area contributed by atoms with Gasteiger partial charge in [-0.2, -0.15) is 15.0 Å². The summed E-state index contributed by atoms with van der Waals surface area (Å²) in [5, 5.41) is 6.49. The van der Waals surface area contributed by atoms with Crippen LogP contribution in [-0.2, 0) is 0 Å². The molecule has 0 amide bonds. The molecule has 2 rings (SSSR count). The van der Waals surface area contributed by atoms with E-state index in [-0.39, 0.29) is 0 Å². The zero-order chi connectivity index (χ0) is 13.7. The molecule has 1 heterocycles. The summed E-state index contributed by atoms with van der Waals surface area (Å²) in [6, 6.07) is 0. The topological polar surface area (TPSA) is 66.0 Å². The number of nitrogens with zero attached hydrogens (tertiary/aromatic N) is 4. The molecule has 0 saturated heterocycles. The molecule has 2 N–H and O–H groups in total. The molecule has 0 aromatic carbocycles. The minimum absolute atomic E-state index is 0.651. The van der Waals surface area contributed by atoms with E-state index in [9.17, 15) is 0 Å². The first-order valence-electron chi connectivity index (χ1n) is 7.25. The highest BCUT2D eigenvalue weighted by Gasteiger charge is 2.21. The summed E-state index contributed by atoms with van der Waals surface area (Å²) in [5.74, 6) is 2.88. The third-order valence-corrected chi connectivity index (χ3v) is 3.25. The van der Waals surface area contributed by atoms with Crippen molar-refractivity contribution in [3.05, 3.63) is 0 Å². The first kappa shape index (κ1) is 13.8. The second kappa shape index (κ2) is 6.54. The number of anilines is 3. The highest BCUT2D eigenvalue weighted by molar-refractivity contribution is 5.43. The quantitative estimate of drug-likeness (QED) is 0.748. The van der Waals surface area contributed by atoms with E-state index in [1.165, 1.54) is 12.8 Å². The first-order chi connectivity index (χ1) is 9.26. The molecular weight excluding hydrogens is 240 g/mol. The first-order valence-corrected chi connectivity index (χ1v) is 7.25. The summed E-state index contributed by atoms with van der Waals surface area (Å²) < 4.78 is 0. The standard InChI is InChI=1S/C13H24N6/c1-4-14-11-16-12(15-9-10-7-8-10)18-13(17-11)19(5-2)6-3/h10H,4-9H2,1-3H3,(H2,14,15,16,17,18). The van der Waals surface area contributed by atoms with Gasteiger partial charge in [0.25, 0.3) is 0 Å². The van der Waals surface area contributed by atoms with Gasteiger partial charge in [0.15, 0.2) is 0 Å². The van der Waals surface area contributed by atoms with Gasteiger partial charge >= 0.3 is 0 Å². The average molecular weight is 264 g/mol. The molecule has 0 bridgehead atoms. The Hall–Kier alpha value is -1.59. The second-order valence-electron chi connectivity index (χ2n) is 4.81. The van der Waals surface area contributed by atoms with Crippen molar-refractivity contribution in [1.29, 1.82) is 0 Å². The highest BCUT2D eigenvalue weighted by Crippen LogP contribution is 2.28. The maximum Gasteiger partial charge on any atom is 0.231 e. The van der Waals surface area contributed by atoms with Gasteiger partial charge in [-0.15, -0.1) is 0 Å². The molecule has 6 heteroatoms. The minimum atomic E-state index is 0.651. The van der Waals surface area contributed by atoms with Gasteiger partial charge < -0.3 is 15.5 Å². The summed E-state index contributed by atoms with van der Waals surface area (Å²) in [4.78, 5) is 15.5. The van der Waals surface area contributed by atoms with E-state index >= 15 is 0 Å². The molecule has 0 atom stereocenters. The van der Waals surface area contributed by atoms with Crippen molar-refractivity contribution in [1.82, 2.24) is 15.0 Å². The van der Waals surface area contributed by atoms with Crippen LogP contribution in [0.3, 0.4) is 0 Å². The Balaban J connectivity index is 2.14. The van der Waals surface area contributed by atoms with Crippen molar-refractivity contribution >= 4 is 17.8 Å². The Labute approximate surface area is 115 Å². The van der Waals surface area contributed by atoms with Crippen molar-refractivity contribution in [2.75, 3.05) is 41.7 Å². The van der Waals surface area contributed by atoms with Gasteiger partial charge in [0.2, 0.25) is 17.8 Å². The van der Waals surface area contributed by atoms with Gasteiger partial charge in [0.05, 0.1) is 0 Å². The van der Waals surface area contributed by atoms with E-state index in [1.54, 1.807) is 0 Å². The zero-order valence-electron chi connectivity index (χ0n) is 12.1. The predicted molar refractivity (Wildman–Crippen MR) is 78.8 cm³/mol. The van der Waals surface area contributed by atoms with E-state index in [2.05, 4.69) is 44.3 Å². The smallest absolute Gasteiger partial charge is 0.231 e. The van der Waals surface area contributed by atoms with Gasteiger partial charge in [-0.3, -0.25) is 0 Å². The van der Waals surface area contributed by atoms with Crippen LogP contribution in [0.1, 0.15) is 33.6 Å². The molecule has 1 aliphatic rings. The Morgan fingerprint density at radius 3 is 2.16 bits per heavy atom. The molecule has 0 unspecified atom stereocenters. The Kier molecular flexibility index (Phi) is 4.76. The molecule has 0 spiro atoms. The fourth-order valence-electron chi connectivity index (χ4n) is 1.89. The number of nitrogens with one attached hydrogen (secondary N) is 2. The van der Waals surface area contributed by atoms with E-state index in [4.69, 9.17) is 0 Å². The summed E-state index contributed by atoms with van der Waals surface area (Å²) in [5.41, 5.74) is 0. The maximum atomic E-state index is 4.51. The monoisotopic (exact) mass is 264 g/mol. The van der Waals surface area contributed by atoms with Crippen molar-refractivity contribution < 1.29 is 0 Å². The molecule has 1 fully saturated rings.